The Morgan fingerprint density at radius 2 is 2.06 bits per heavy atom. The number of benzene rings is 1. The van der Waals surface area contributed by atoms with Crippen molar-refractivity contribution >= 4 is 23.1 Å². The Morgan fingerprint density at radius 1 is 1.25 bits per heavy atom. The van der Waals surface area contributed by atoms with Crippen LogP contribution in [0.25, 0.3) is 0 Å². The molecular formula is C21H18F3N3O4S. The van der Waals surface area contributed by atoms with E-state index in [-0.39, 0.29) is 38.1 Å². The van der Waals surface area contributed by atoms with Crippen LogP contribution in [-0.4, -0.2) is 35.2 Å². The molecule has 0 saturated heterocycles. The summed E-state index contributed by atoms with van der Waals surface area (Å²) in [5, 5.41) is 5.78. The average molecular weight is 465 g/mol. The number of alkyl halides is 3. The lowest BCUT2D eigenvalue weighted by atomic mass is 10.1. The molecule has 1 atom stereocenters. The maximum absolute atomic E-state index is 13.4. The van der Waals surface area contributed by atoms with Gasteiger partial charge in [0.2, 0.25) is 6.79 Å². The number of ether oxygens (including phenoxy) is 3. The number of thiophene rings is 1. The molecule has 0 fully saturated rings. The number of aryl methyl sites for hydroxylation is 1. The van der Waals surface area contributed by atoms with Crippen molar-refractivity contribution in [2.24, 2.45) is 0 Å². The fourth-order valence-corrected chi connectivity index (χ4v) is 4.60. The van der Waals surface area contributed by atoms with Gasteiger partial charge in [0.15, 0.2) is 17.5 Å². The first-order valence-electron chi connectivity index (χ1n) is 9.84. The Morgan fingerprint density at radius 3 is 2.88 bits per heavy atom. The van der Waals surface area contributed by atoms with Crippen molar-refractivity contribution in [3.63, 3.8) is 0 Å². The predicted octanol–water partition coefficient (Wildman–Crippen LogP) is 4.71. The monoisotopic (exact) mass is 465 g/mol. The Hall–Kier alpha value is -3.21. The van der Waals surface area contributed by atoms with Gasteiger partial charge in [0.25, 0.3) is 5.91 Å². The number of halogens is 3. The molecule has 0 radical (unpaired) electrons. The van der Waals surface area contributed by atoms with Gasteiger partial charge in [-0.05, 0) is 36.9 Å². The highest BCUT2D eigenvalue weighted by molar-refractivity contribution is 7.12. The number of amides is 1. The SMILES string of the molecule is Cc1cc2n(n1)C(C(F)(F)F)CCN2C(=O)c1cc(COc2ccc3c(c2)OCO3)cs1. The summed E-state index contributed by atoms with van der Waals surface area (Å²) >= 11 is 1.23. The normalized spacial score (nSPS) is 17.4. The molecule has 0 saturated carbocycles. The van der Waals surface area contributed by atoms with Crippen LogP contribution < -0.4 is 19.1 Å². The Balaban J connectivity index is 1.30. The van der Waals surface area contributed by atoms with E-state index in [2.05, 4.69) is 5.10 Å². The highest BCUT2D eigenvalue weighted by Crippen LogP contribution is 2.40. The van der Waals surface area contributed by atoms with Gasteiger partial charge in [-0.15, -0.1) is 11.3 Å². The van der Waals surface area contributed by atoms with Crippen molar-refractivity contribution in [1.82, 2.24) is 9.78 Å². The highest BCUT2D eigenvalue weighted by atomic mass is 32.1. The molecule has 32 heavy (non-hydrogen) atoms. The van der Waals surface area contributed by atoms with Crippen molar-refractivity contribution in [1.29, 1.82) is 0 Å². The van der Waals surface area contributed by atoms with Crippen LogP contribution >= 0.6 is 11.3 Å². The van der Waals surface area contributed by atoms with E-state index in [4.69, 9.17) is 14.2 Å². The van der Waals surface area contributed by atoms with Crippen molar-refractivity contribution in [2.45, 2.75) is 32.2 Å². The number of anilines is 1. The molecule has 0 spiro atoms. The smallest absolute Gasteiger partial charge is 0.410 e. The zero-order valence-corrected chi connectivity index (χ0v) is 17.7. The third-order valence-corrected chi connectivity index (χ3v) is 6.24. The zero-order chi connectivity index (χ0) is 22.5. The van der Waals surface area contributed by atoms with Crippen LogP contribution in [0.15, 0.2) is 35.7 Å². The van der Waals surface area contributed by atoms with Crippen LogP contribution in [-0.2, 0) is 6.61 Å². The van der Waals surface area contributed by atoms with Crippen LogP contribution in [0.4, 0.5) is 19.0 Å². The standard InChI is InChI=1S/C21H18F3N3O4S/c1-12-6-19-26(5-4-18(21(22,23)24)27(19)25-12)20(28)17-7-13(10-32-17)9-29-14-2-3-15-16(8-14)31-11-30-15/h2-3,6-8,10,18H,4-5,9,11H2,1H3. The van der Waals surface area contributed by atoms with Gasteiger partial charge in [0.05, 0.1) is 10.6 Å². The summed E-state index contributed by atoms with van der Waals surface area (Å²) in [6.07, 6.45) is -4.67. The van der Waals surface area contributed by atoms with E-state index in [0.29, 0.717) is 27.8 Å². The first-order chi connectivity index (χ1) is 15.3. The average Bonchev–Trinajstić information content (AvgIpc) is 3.48. The van der Waals surface area contributed by atoms with Crippen molar-refractivity contribution in [3.05, 3.63) is 51.8 Å². The first kappa shape index (κ1) is 20.7. The summed E-state index contributed by atoms with van der Waals surface area (Å²) in [5.41, 5.74) is 1.21. The van der Waals surface area contributed by atoms with Crippen LogP contribution in [0.3, 0.4) is 0 Å². The van der Waals surface area contributed by atoms with Gasteiger partial charge in [0, 0.05) is 24.2 Å². The number of hydrogen-bond acceptors (Lipinski definition) is 6. The number of hydrogen-bond donors (Lipinski definition) is 0. The van der Waals surface area contributed by atoms with Gasteiger partial charge in [-0.25, -0.2) is 4.68 Å². The Kier molecular flexibility index (Phi) is 5.00. The third kappa shape index (κ3) is 3.77. The van der Waals surface area contributed by atoms with Gasteiger partial charge in [0.1, 0.15) is 18.2 Å². The van der Waals surface area contributed by atoms with E-state index in [1.807, 2.05) is 0 Å². The summed E-state index contributed by atoms with van der Waals surface area (Å²) in [6, 6.07) is 6.73. The molecule has 2 aliphatic rings. The van der Waals surface area contributed by atoms with Crippen molar-refractivity contribution in [2.75, 3.05) is 18.2 Å². The minimum Gasteiger partial charge on any atom is -0.489 e. The topological polar surface area (TPSA) is 65.8 Å². The zero-order valence-electron chi connectivity index (χ0n) is 16.9. The summed E-state index contributed by atoms with van der Waals surface area (Å²) in [6.45, 7) is 1.98. The summed E-state index contributed by atoms with van der Waals surface area (Å²) in [5.74, 6) is 1.67. The summed E-state index contributed by atoms with van der Waals surface area (Å²) < 4.78 is 57.5. The largest absolute Gasteiger partial charge is 0.489 e. The molecular weight excluding hydrogens is 447 g/mol. The minimum absolute atomic E-state index is 0.0327. The van der Waals surface area contributed by atoms with Crippen LogP contribution in [0.5, 0.6) is 17.2 Å². The second kappa shape index (κ2) is 7.73. The second-order valence-corrected chi connectivity index (χ2v) is 8.43. The molecule has 0 N–H and O–H groups in total. The molecule has 7 nitrogen and oxygen atoms in total. The maximum Gasteiger partial charge on any atom is 0.410 e. The number of rotatable bonds is 4. The van der Waals surface area contributed by atoms with Gasteiger partial charge in [-0.2, -0.15) is 18.3 Å². The van der Waals surface area contributed by atoms with Gasteiger partial charge >= 0.3 is 6.18 Å². The van der Waals surface area contributed by atoms with Gasteiger partial charge < -0.3 is 14.2 Å². The molecule has 1 unspecified atom stereocenters. The molecule has 168 valence electrons. The molecule has 0 aliphatic carbocycles. The molecule has 1 amide bonds. The van der Waals surface area contributed by atoms with Gasteiger partial charge in [-0.1, -0.05) is 0 Å². The molecule has 1 aromatic carbocycles. The van der Waals surface area contributed by atoms with Crippen molar-refractivity contribution < 1.29 is 32.2 Å². The molecule has 3 aromatic rings. The number of fused-ring (bicyclic) bond motifs is 2. The number of carbonyl (C=O) groups excluding carboxylic acids is 1. The van der Waals surface area contributed by atoms with E-state index in [1.54, 1.807) is 36.6 Å². The molecule has 4 heterocycles. The Bertz CT molecular complexity index is 1170. The first-order valence-corrected chi connectivity index (χ1v) is 10.7. The quantitative estimate of drug-likeness (QED) is 0.558. The second-order valence-electron chi connectivity index (χ2n) is 7.51. The van der Waals surface area contributed by atoms with E-state index in [0.717, 1.165) is 10.2 Å². The number of carbonyl (C=O) groups is 1. The lowest BCUT2D eigenvalue weighted by molar-refractivity contribution is -0.172. The fourth-order valence-electron chi connectivity index (χ4n) is 3.76. The molecule has 11 heteroatoms. The maximum atomic E-state index is 13.4. The van der Waals surface area contributed by atoms with Gasteiger partial charge in [-0.3, -0.25) is 9.69 Å². The molecule has 5 rings (SSSR count). The van der Waals surface area contributed by atoms with Crippen molar-refractivity contribution in [3.8, 4) is 17.2 Å². The summed E-state index contributed by atoms with van der Waals surface area (Å²) in [4.78, 5) is 14.9. The number of nitrogens with zero attached hydrogens (tertiary/aromatic N) is 3. The minimum atomic E-state index is -4.43. The lowest BCUT2D eigenvalue weighted by Gasteiger charge is -2.33. The van der Waals surface area contributed by atoms with E-state index < -0.39 is 12.2 Å². The van der Waals surface area contributed by atoms with E-state index >= 15 is 0 Å². The molecule has 0 bridgehead atoms. The van der Waals surface area contributed by atoms with Crippen LogP contribution in [0, 0.1) is 6.92 Å². The molecule has 2 aliphatic heterocycles. The summed E-state index contributed by atoms with van der Waals surface area (Å²) in [7, 11) is 0. The fraction of sp³-hybridized carbons (Fsp3) is 0.333. The molecule has 2 aromatic heterocycles. The van der Waals surface area contributed by atoms with Crippen LogP contribution in [0.1, 0.15) is 33.4 Å². The van der Waals surface area contributed by atoms with E-state index in [1.165, 1.54) is 22.3 Å². The van der Waals surface area contributed by atoms with Crippen LogP contribution in [0.2, 0.25) is 0 Å². The predicted molar refractivity (Wildman–Crippen MR) is 110 cm³/mol. The lowest BCUT2D eigenvalue weighted by Crippen LogP contribution is -2.42. The van der Waals surface area contributed by atoms with E-state index in [9.17, 15) is 18.0 Å². The number of aromatic nitrogens is 2. The highest BCUT2D eigenvalue weighted by Gasteiger charge is 2.46. The third-order valence-electron chi connectivity index (χ3n) is 5.27. The Labute approximate surface area is 184 Å².